The molecule has 210 valence electrons. The fourth-order valence-corrected chi connectivity index (χ4v) is 4.78. The van der Waals surface area contributed by atoms with Gasteiger partial charge in [-0.25, -0.2) is 18.4 Å². The summed E-state index contributed by atoms with van der Waals surface area (Å²) in [4.78, 5) is 8.34. The fraction of sp³-hybridized carbons (Fsp3) is 0.379. The highest BCUT2D eigenvalue weighted by Gasteiger charge is 2.46. The minimum absolute atomic E-state index is 0.0921. The van der Waals surface area contributed by atoms with Crippen LogP contribution in [0.1, 0.15) is 67.4 Å². The lowest BCUT2D eigenvalue weighted by Gasteiger charge is -2.22. The van der Waals surface area contributed by atoms with Gasteiger partial charge in [0, 0.05) is 41.0 Å². The van der Waals surface area contributed by atoms with Gasteiger partial charge in [-0.15, -0.1) is 5.10 Å². The first-order valence-electron chi connectivity index (χ1n) is 13.1. The maximum absolute atomic E-state index is 13.9. The standard InChI is InChI=1S/C29H28F3N9/c1-15-19(5-6-24(30)37-15)27(22-13-41(40-39-22)23-9-20(23)28(31)32)38-18-7-16(10-33)25-21(8-18)26(17(11-34)12-35-25)36-14-29(2,3)4/h5-8,12-13,20,23,27-28,38H,9,14H2,1-4H3,(H,35,36)/t20-,23-,27+/m1/s1. The van der Waals surface area contributed by atoms with Gasteiger partial charge in [0.2, 0.25) is 12.4 Å². The van der Waals surface area contributed by atoms with Crippen LogP contribution >= 0.6 is 0 Å². The Labute approximate surface area is 235 Å². The summed E-state index contributed by atoms with van der Waals surface area (Å²) in [6.45, 7) is 8.40. The highest BCUT2D eigenvalue weighted by molar-refractivity contribution is 5.99. The third-order valence-electron chi connectivity index (χ3n) is 7.01. The lowest BCUT2D eigenvalue weighted by atomic mass is 9.96. The van der Waals surface area contributed by atoms with Gasteiger partial charge in [0.1, 0.15) is 17.8 Å². The van der Waals surface area contributed by atoms with Gasteiger partial charge in [0.15, 0.2) is 0 Å². The van der Waals surface area contributed by atoms with Crippen molar-refractivity contribution >= 4 is 22.3 Å². The Balaban J connectivity index is 1.60. The molecule has 2 N–H and O–H groups in total. The van der Waals surface area contributed by atoms with Crippen LogP contribution in [0.4, 0.5) is 24.5 Å². The van der Waals surface area contributed by atoms with Crippen LogP contribution in [0, 0.1) is 46.9 Å². The van der Waals surface area contributed by atoms with E-state index in [9.17, 15) is 23.7 Å². The molecule has 3 atom stereocenters. The van der Waals surface area contributed by atoms with Crippen LogP contribution in [-0.4, -0.2) is 37.9 Å². The summed E-state index contributed by atoms with van der Waals surface area (Å²) in [5.74, 6) is -1.42. The van der Waals surface area contributed by atoms with Crippen LogP contribution in [0.25, 0.3) is 10.9 Å². The summed E-state index contributed by atoms with van der Waals surface area (Å²) in [6.07, 6.45) is 0.913. The molecule has 12 heteroatoms. The Morgan fingerprint density at radius 3 is 2.54 bits per heavy atom. The first-order valence-corrected chi connectivity index (χ1v) is 13.1. The minimum Gasteiger partial charge on any atom is -0.383 e. The number of alkyl halides is 2. The molecule has 0 amide bonds. The molecule has 1 aliphatic carbocycles. The van der Waals surface area contributed by atoms with Crippen LogP contribution in [0.3, 0.4) is 0 Å². The van der Waals surface area contributed by atoms with Crippen molar-refractivity contribution in [2.75, 3.05) is 17.2 Å². The van der Waals surface area contributed by atoms with Gasteiger partial charge in [-0.2, -0.15) is 14.9 Å². The second-order valence-electron chi connectivity index (χ2n) is 11.4. The molecule has 0 bridgehead atoms. The first-order chi connectivity index (χ1) is 19.5. The lowest BCUT2D eigenvalue weighted by molar-refractivity contribution is 0.115. The van der Waals surface area contributed by atoms with Crippen molar-refractivity contribution in [2.45, 2.75) is 52.6 Å². The highest BCUT2D eigenvalue weighted by atomic mass is 19.3. The molecule has 0 unspecified atom stereocenters. The normalized spacial score (nSPS) is 17.2. The quantitative estimate of drug-likeness (QED) is 0.256. The van der Waals surface area contributed by atoms with Crippen LogP contribution in [0.5, 0.6) is 0 Å². The zero-order chi connectivity index (χ0) is 29.5. The number of aryl methyl sites for hydroxylation is 1. The lowest BCUT2D eigenvalue weighted by Crippen LogP contribution is -2.20. The van der Waals surface area contributed by atoms with Crippen LogP contribution in [-0.2, 0) is 0 Å². The number of benzene rings is 1. The predicted molar refractivity (Wildman–Crippen MR) is 147 cm³/mol. The number of rotatable bonds is 8. The number of hydrogen-bond acceptors (Lipinski definition) is 8. The Bertz CT molecular complexity index is 1690. The summed E-state index contributed by atoms with van der Waals surface area (Å²) in [5, 5.41) is 35.4. The Morgan fingerprint density at radius 1 is 1.15 bits per heavy atom. The van der Waals surface area contributed by atoms with Gasteiger partial charge < -0.3 is 10.6 Å². The Morgan fingerprint density at radius 2 is 1.90 bits per heavy atom. The monoisotopic (exact) mass is 559 g/mol. The van der Waals surface area contributed by atoms with Crippen molar-refractivity contribution in [1.29, 1.82) is 10.5 Å². The second kappa shape index (κ2) is 10.7. The number of nitrogens with one attached hydrogen (secondary N) is 2. The number of anilines is 2. The molecular formula is C29H28F3N9. The number of halogens is 3. The fourth-order valence-electron chi connectivity index (χ4n) is 4.78. The highest BCUT2D eigenvalue weighted by Crippen LogP contribution is 2.47. The molecule has 1 saturated carbocycles. The van der Waals surface area contributed by atoms with Gasteiger partial charge in [0.05, 0.1) is 40.6 Å². The number of pyridine rings is 2. The molecule has 9 nitrogen and oxygen atoms in total. The Hall–Kier alpha value is -4.71. The molecule has 41 heavy (non-hydrogen) atoms. The van der Waals surface area contributed by atoms with Gasteiger partial charge in [0.25, 0.3) is 0 Å². The summed E-state index contributed by atoms with van der Waals surface area (Å²) in [7, 11) is 0. The third kappa shape index (κ3) is 5.78. The van der Waals surface area contributed by atoms with E-state index < -0.39 is 30.4 Å². The van der Waals surface area contributed by atoms with Crippen LogP contribution < -0.4 is 10.6 Å². The average Bonchev–Trinajstić information content (AvgIpc) is 3.59. The van der Waals surface area contributed by atoms with Crippen molar-refractivity contribution in [3.05, 3.63) is 70.7 Å². The van der Waals surface area contributed by atoms with E-state index in [1.54, 1.807) is 31.3 Å². The zero-order valence-corrected chi connectivity index (χ0v) is 23.0. The van der Waals surface area contributed by atoms with Gasteiger partial charge in [-0.1, -0.05) is 32.1 Å². The van der Waals surface area contributed by atoms with Crippen molar-refractivity contribution < 1.29 is 13.2 Å². The molecule has 1 aliphatic rings. The average molecular weight is 560 g/mol. The van der Waals surface area contributed by atoms with Gasteiger partial charge in [-0.05, 0) is 37.0 Å². The molecule has 0 saturated heterocycles. The molecular weight excluding hydrogens is 531 g/mol. The molecule has 3 heterocycles. The molecule has 0 radical (unpaired) electrons. The van der Waals surface area contributed by atoms with E-state index in [1.165, 1.54) is 16.9 Å². The number of nitrogens with zero attached hydrogens (tertiary/aromatic N) is 7. The van der Waals surface area contributed by atoms with Crippen LogP contribution in [0.2, 0.25) is 0 Å². The molecule has 5 rings (SSSR count). The molecule has 4 aromatic rings. The second-order valence-corrected chi connectivity index (χ2v) is 11.4. The number of nitriles is 2. The SMILES string of the molecule is Cc1nc(F)ccc1[C@H](Nc1cc(C#N)c2ncc(C#N)c(NCC(C)(C)C)c2c1)c1cn([C@@H]2C[C@H]2C(F)F)nn1. The number of fused-ring (bicyclic) bond motifs is 1. The van der Waals surface area contributed by atoms with E-state index in [2.05, 4.69) is 63.8 Å². The summed E-state index contributed by atoms with van der Waals surface area (Å²) >= 11 is 0. The number of hydrogen-bond donors (Lipinski definition) is 2. The molecule has 0 spiro atoms. The van der Waals surface area contributed by atoms with E-state index in [-0.39, 0.29) is 11.0 Å². The van der Waals surface area contributed by atoms with E-state index in [4.69, 9.17) is 0 Å². The third-order valence-corrected chi connectivity index (χ3v) is 7.01. The van der Waals surface area contributed by atoms with Crippen molar-refractivity contribution in [3.8, 4) is 12.1 Å². The molecule has 1 fully saturated rings. The van der Waals surface area contributed by atoms with Gasteiger partial charge in [-0.3, -0.25) is 4.98 Å². The molecule has 0 aliphatic heterocycles. The summed E-state index contributed by atoms with van der Waals surface area (Å²) in [6, 6.07) is 9.43. The van der Waals surface area contributed by atoms with E-state index in [1.807, 2.05) is 0 Å². The van der Waals surface area contributed by atoms with E-state index >= 15 is 0 Å². The van der Waals surface area contributed by atoms with Crippen molar-refractivity contribution in [1.82, 2.24) is 25.0 Å². The van der Waals surface area contributed by atoms with E-state index in [0.29, 0.717) is 57.8 Å². The summed E-state index contributed by atoms with van der Waals surface area (Å²) < 4.78 is 41.7. The number of aromatic nitrogens is 5. The first kappa shape index (κ1) is 27.8. The van der Waals surface area contributed by atoms with Crippen molar-refractivity contribution in [3.63, 3.8) is 0 Å². The Kier molecular flexibility index (Phi) is 7.26. The topological polar surface area (TPSA) is 128 Å². The maximum Gasteiger partial charge on any atom is 0.243 e. The minimum atomic E-state index is -2.44. The van der Waals surface area contributed by atoms with Crippen molar-refractivity contribution in [2.24, 2.45) is 11.3 Å². The largest absolute Gasteiger partial charge is 0.383 e. The molecule has 3 aromatic heterocycles. The van der Waals surface area contributed by atoms with Gasteiger partial charge >= 0.3 is 0 Å². The zero-order valence-electron chi connectivity index (χ0n) is 23.0. The molecule has 1 aromatic carbocycles. The van der Waals surface area contributed by atoms with Crippen LogP contribution in [0.15, 0.2) is 36.7 Å². The summed E-state index contributed by atoms with van der Waals surface area (Å²) in [5.41, 5.74) is 3.42. The van der Waals surface area contributed by atoms with E-state index in [0.717, 1.165) is 0 Å². The predicted octanol–water partition coefficient (Wildman–Crippen LogP) is 5.90. The smallest absolute Gasteiger partial charge is 0.243 e. The maximum atomic E-state index is 13.9.